The van der Waals surface area contributed by atoms with Crippen LogP contribution >= 0.6 is 0 Å². The van der Waals surface area contributed by atoms with Crippen molar-refractivity contribution in [2.45, 2.75) is 44.8 Å². The van der Waals surface area contributed by atoms with E-state index in [1.54, 1.807) is 4.90 Å². The Balaban J connectivity index is 1.36. The highest BCUT2D eigenvalue weighted by atomic mass is 19.3. The monoisotopic (exact) mass is 474 g/mol. The molecule has 1 atom stereocenters. The molecule has 0 spiro atoms. The molecule has 9 nitrogen and oxygen atoms in total. The lowest BCUT2D eigenvalue weighted by Crippen LogP contribution is -2.38. The largest absolute Gasteiger partial charge is 0.550 e. The van der Waals surface area contributed by atoms with Crippen LogP contribution in [0.2, 0.25) is 0 Å². The van der Waals surface area contributed by atoms with Crippen LogP contribution in [0.25, 0.3) is 0 Å². The van der Waals surface area contributed by atoms with E-state index in [1.165, 1.54) is 28.8 Å². The number of amides is 2. The lowest BCUT2D eigenvalue weighted by Gasteiger charge is -2.28. The number of ether oxygens (including phenoxy) is 1. The summed E-state index contributed by atoms with van der Waals surface area (Å²) in [5.74, 6) is -0.668. The predicted molar refractivity (Wildman–Crippen MR) is 116 cm³/mol. The molecule has 2 aromatic rings. The fraction of sp³-hybridized carbons (Fsp3) is 0.478. The van der Waals surface area contributed by atoms with E-state index in [0.29, 0.717) is 25.2 Å². The highest BCUT2D eigenvalue weighted by molar-refractivity contribution is 5.78. The molecule has 0 aliphatic carbocycles. The summed E-state index contributed by atoms with van der Waals surface area (Å²) >= 11 is 0. The molecule has 182 valence electrons. The number of aliphatic carboxylic acids is 1. The van der Waals surface area contributed by atoms with Gasteiger partial charge in [-0.1, -0.05) is 12.1 Å². The molecule has 2 aromatic heterocycles. The minimum absolute atomic E-state index is 0.278. The third-order valence-electron chi connectivity index (χ3n) is 6.03. The van der Waals surface area contributed by atoms with Gasteiger partial charge in [0.25, 0.3) is 0 Å². The smallest absolute Gasteiger partial charge is 0.388 e. The Morgan fingerprint density at radius 3 is 2.82 bits per heavy atom. The maximum atomic E-state index is 13.0. The molecular weight excluding hydrogens is 448 g/mol. The van der Waals surface area contributed by atoms with Crippen LogP contribution in [-0.2, 0) is 17.6 Å². The topological polar surface area (TPSA) is 111 Å². The maximum absolute atomic E-state index is 13.0. The zero-order chi connectivity index (χ0) is 24.1. The Morgan fingerprint density at radius 1 is 1.24 bits per heavy atom. The van der Waals surface area contributed by atoms with Gasteiger partial charge in [0.1, 0.15) is 5.82 Å². The Kier molecular flexibility index (Phi) is 7.39. The standard InChI is InChI=1S/C23H27F2N5O4/c24-22(25)34-19-8-6-16(14-27-19)18(13-20(31)32)30-12-11-29(23(30)33)10-2-4-17-7-5-15-3-1-9-26-21(15)28-17/h5-8,14,18,22H,1-4,9-13H2,(H,26,28)(H,31,32)/p-1/t18-/m0/s1. The van der Waals surface area contributed by atoms with Gasteiger partial charge in [0.2, 0.25) is 5.88 Å². The fourth-order valence-electron chi connectivity index (χ4n) is 4.37. The summed E-state index contributed by atoms with van der Waals surface area (Å²) in [6.45, 7) is -0.779. The lowest BCUT2D eigenvalue weighted by molar-refractivity contribution is -0.306. The summed E-state index contributed by atoms with van der Waals surface area (Å²) in [5, 5.41) is 14.7. The quantitative estimate of drug-likeness (QED) is 0.561. The Bertz CT molecular complexity index is 1020. The Morgan fingerprint density at radius 2 is 2.09 bits per heavy atom. The molecule has 0 saturated carbocycles. The maximum Gasteiger partial charge on any atom is 0.388 e. The van der Waals surface area contributed by atoms with E-state index in [9.17, 15) is 23.5 Å². The molecule has 1 saturated heterocycles. The van der Waals surface area contributed by atoms with Gasteiger partial charge in [0.05, 0.1) is 6.04 Å². The number of alkyl halides is 2. The van der Waals surface area contributed by atoms with Gasteiger partial charge in [-0.25, -0.2) is 14.8 Å². The summed E-state index contributed by atoms with van der Waals surface area (Å²) in [6.07, 6.45) is 4.39. The first-order valence-corrected chi connectivity index (χ1v) is 11.3. The lowest BCUT2D eigenvalue weighted by atomic mass is 10.0. The van der Waals surface area contributed by atoms with Gasteiger partial charge >= 0.3 is 12.6 Å². The second-order valence-corrected chi connectivity index (χ2v) is 8.31. The summed E-state index contributed by atoms with van der Waals surface area (Å²) in [7, 11) is 0. The van der Waals surface area contributed by atoms with E-state index in [1.807, 2.05) is 6.07 Å². The van der Waals surface area contributed by atoms with Crippen LogP contribution < -0.4 is 15.2 Å². The summed E-state index contributed by atoms with van der Waals surface area (Å²) < 4.78 is 29.0. The van der Waals surface area contributed by atoms with Crippen LogP contribution in [0.3, 0.4) is 0 Å². The summed E-state index contributed by atoms with van der Waals surface area (Å²) in [4.78, 5) is 36.0. The zero-order valence-electron chi connectivity index (χ0n) is 18.6. The molecule has 0 unspecified atom stereocenters. The number of carbonyl (C=O) groups is 2. The van der Waals surface area contributed by atoms with Gasteiger partial charge in [-0.2, -0.15) is 8.78 Å². The number of nitrogens with one attached hydrogen (secondary N) is 1. The summed E-state index contributed by atoms with van der Waals surface area (Å²) in [5.41, 5.74) is 2.60. The van der Waals surface area contributed by atoms with E-state index in [4.69, 9.17) is 0 Å². The molecule has 4 rings (SSSR count). The number of urea groups is 1. The molecule has 0 radical (unpaired) electrons. The third-order valence-corrected chi connectivity index (χ3v) is 6.03. The van der Waals surface area contributed by atoms with Gasteiger partial charge in [0.15, 0.2) is 0 Å². The van der Waals surface area contributed by atoms with Gasteiger partial charge in [-0.3, -0.25) is 0 Å². The number of aromatic nitrogens is 2. The number of hydrogen-bond acceptors (Lipinski definition) is 7. The molecule has 2 aliphatic heterocycles. The molecular formula is C23H26F2N5O4-. The second-order valence-electron chi connectivity index (χ2n) is 8.31. The van der Waals surface area contributed by atoms with Gasteiger partial charge in [-0.15, -0.1) is 0 Å². The molecule has 4 heterocycles. The average Bonchev–Trinajstić information content (AvgIpc) is 3.17. The molecule has 2 aliphatic rings. The normalized spacial score (nSPS) is 16.4. The average molecular weight is 474 g/mol. The minimum Gasteiger partial charge on any atom is -0.550 e. The zero-order valence-corrected chi connectivity index (χ0v) is 18.6. The number of nitrogens with zero attached hydrogens (tertiary/aromatic N) is 4. The highest BCUT2D eigenvalue weighted by Crippen LogP contribution is 2.29. The van der Waals surface area contributed by atoms with Gasteiger partial charge in [0, 0.05) is 56.5 Å². The number of pyridine rings is 2. The molecule has 11 heteroatoms. The van der Waals surface area contributed by atoms with Crippen molar-refractivity contribution in [3.8, 4) is 5.88 Å². The van der Waals surface area contributed by atoms with Crippen LogP contribution in [0, 0.1) is 0 Å². The van der Waals surface area contributed by atoms with Crippen molar-refractivity contribution < 1.29 is 28.2 Å². The first kappa shape index (κ1) is 23.7. The van der Waals surface area contributed by atoms with E-state index >= 15 is 0 Å². The number of hydrogen-bond donors (Lipinski definition) is 1. The Labute approximate surface area is 195 Å². The molecule has 34 heavy (non-hydrogen) atoms. The number of anilines is 1. The van der Waals surface area contributed by atoms with E-state index in [-0.39, 0.29) is 11.9 Å². The second kappa shape index (κ2) is 10.6. The number of halogens is 2. The van der Waals surface area contributed by atoms with Gasteiger partial charge in [-0.05, 0) is 42.9 Å². The van der Waals surface area contributed by atoms with Crippen LogP contribution in [0.1, 0.15) is 42.1 Å². The summed E-state index contributed by atoms with van der Waals surface area (Å²) in [6, 6.07) is 5.69. The predicted octanol–water partition coefficient (Wildman–Crippen LogP) is 1.99. The molecule has 2 amide bonds. The van der Waals surface area contributed by atoms with Crippen LogP contribution in [-0.4, -0.2) is 64.6 Å². The van der Waals surface area contributed by atoms with E-state index < -0.39 is 25.0 Å². The number of carbonyl (C=O) groups excluding carboxylic acids is 2. The van der Waals surface area contributed by atoms with Crippen LogP contribution in [0.15, 0.2) is 30.5 Å². The van der Waals surface area contributed by atoms with E-state index in [0.717, 1.165) is 43.7 Å². The Hall–Kier alpha value is -3.50. The van der Waals surface area contributed by atoms with Crippen molar-refractivity contribution in [2.75, 3.05) is 31.5 Å². The van der Waals surface area contributed by atoms with Crippen molar-refractivity contribution in [1.29, 1.82) is 0 Å². The third kappa shape index (κ3) is 5.70. The molecule has 0 bridgehead atoms. The number of carboxylic acid groups (broad SMARTS) is 1. The van der Waals surface area contributed by atoms with Crippen molar-refractivity contribution in [3.05, 3.63) is 47.3 Å². The fourth-order valence-corrected chi connectivity index (χ4v) is 4.37. The number of carboxylic acids is 1. The molecule has 0 aromatic carbocycles. The van der Waals surface area contributed by atoms with Crippen molar-refractivity contribution in [3.63, 3.8) is 0 Å². The van der Waals surface area contributed by atoms with Crippen molar-refractivity contribution in [2.24, 2.45) is 0 Å². The number of aryl methyl sites for hydroxylation is 2. The first-order valence-electron chi connectivity index (χ1n) is 11.3. The highest BCUT2D eigenvalue weighted by Gasteiger charge is 2.34. The van der Waals surface area contributed by atoms with Crippen molar-refractivity contribution >= 4 is 17.8 Å². The molecule has 1 N–H and O–H groups in total. The van der Waals surface area contributed by atoms with E-state index in [2.05, 4.69) is 26.1 Å². The van der Waals surface area contributed by atoms with Gasteiger partial charge < -0.3 is 29.8 Å². The molecule has 1 fully saturated rings. The number of rotatable bonds is 10. The van der Waals surface area contributed by atoms with Crippen LogP contribution in [0.4, 0.5) is 19.4 Å². The van der Waals surface area contributed by atoms with Crippen LogP contribution in [0.5, 0.6) is 5.88 Å². The van der Waals surface area contributed by atoms with Crippen molar-refractivity contribution in [1.82, 2.24) is 19.8 Å². The first-order chi connectivity index (χ1) is 16.4. The number of fused-ring (bicyclic) bond motifs is 1. The SMILES string of the molecule is O=C([O-])C[C@@H](c1ccc(OC(F)F)nc1)N1CCN(CCCc2ccc3c(n2)NCCC3)C1=O. The minimum atomic E-state index is -3.01.